The molecule has 0 aromatic rings. The summed E-state index contributed by atoms with van der Waals surface area (Å²) in [5, 5.41) is 10.5. The molecular formula is C20H30OS. The van der Waals surface area contributed by atoms with Crippen LogP contribution in [0.4, 0.5) is 0 Å². The van der Waals surface area contributed by atoms with Crippen molar-refractivity contribution in [3.05, 3.63) is 23.8 Å². The van der Waals surface area contributed by atoms with E-state index in [1.807, 2.05) is 6.92 Å². The number of aliphatic hydroxyl groups is 1. The molecule has 0 aromatic heterocycles. The van der Waals surface area contributed by atoms with Gasteiger partial charge in [0.05, 0.1) is 6.10 Å². The van der Waals surface area contributed by atoms with Gasteiger partial charge >= 0.3 is 0 Å². The van der Waals surface area contributed by atoms with E-state index in [2.05, 4.69) is 12.7 Å². The van der Waals surface area contributed by atoms with Gasteiger partial charge < -0.3 is 5.11 Å². The van der Waals surface area contributed by atoms with Gasteiger partial charge in [-0.2, -0.15) is 12.6 Å². The summed E-state index contributed by atoms with van der Waals surface area (Å²) in [5.41, 5.74) is 3.09. The minimum absolute atomic E-state index is 0.123. The smallest absolute Gasteiger partial charge is 0.0571 e. The molecule has 1 N–H and O–H groups in total. The Hall–Kier alpha value is -0.210. The highest BCUT2D eigenvalue weighted by molar-refractivity contribution is 7.82. The molecule has 3 saturated carbocycles. The Kier molecular flexibility index (Phi) is 3.58. The number of rotatable bonds is 1. The molecule has 6 unspecified atom stereocenters. The van der Waals surface area contributed by atoms with Gasteiger partial charge in [0.2, 0.25) is 0 Å². The normalized spacial score (nSPS) is 49.0. The van der Waals surface area contributed by atoms with Crippen LogP contribution in [0.2, 0.25) is 0 Å². The van der Waals surface area contributed by atoms with Crippen LogP contribution in [0, 0.1) is 23.2 Å². The maximum absolute atomic E-state index is 10.5. The van der Waals surface area contributed by atoms with Crippen LogP contribution in [0.1, 0.15) is 64.7 Å². The fourth-order valence-corrected chi connectivity index (χ4v) is 7.31. The van der Waals surface area contributed by atoms with Crippen molar-refractivity contribution in [3.63, 3.8) is 0 Å². The van der Waals surface area contributed by atoms with Crippen LogP contribution >= 0.6 is 12.6 Å². The minimum atomic E-state index is -0.139. The van der Waals surface area contributed by atoms with Gasteiger partial charge in [0.15, 0.2) is 0 Å². The van der Waals surface area contributed by atoms with Gasteiger partial charge in [0.25, 0.3) is 0 Å². The highest BCUT2D eigenvalue weighted by Crippen LogP contribution is 2.65. The Morgan fingerprint density at radius 2 is 2.00 bits per heavy atom. The predicted octanol–water partition coefficient (Wildman–Crippen LogP) is 4.92. The lowest BCUT2D eigenvalue weighted by molar-refractivity contribution is -0.0746. The average molecular weight is 319 g/mol. The first kappa shape index (κ1) is 15.3. The minimum Gasteiger partial charge on any atom is -0.393 e. The second kappa shape index (κ2) is 5.14. The largest absolute Gasteiger partial charge is 0.393 e. The van der Waals surface area contributed by atoms with E-state index in [-0.39, 0.29) is 16.3 Å². The Labute approximate surface area is 140 Å². The second-order valence-electron chi connectivity index (χ2n) is 8.51. The molecule has 0 amide bonds. The van der Waals surface area contributed by atoms with Gasteiger partial charge in [-0.15, -0.1) is 0 Å². The van der Waals surface area contributed by atoms with E-state index in [9.17, 15) is 5.11 Å². The van der Waals surface area contributed by atoms with Crippen molar-refractivity contribution in [2.24, 2.45) is 23.2 Å². The number of fused-ring (bicyclic) bond motifs is 5. The van der Waals surface area contributed by atoms with Gasteiger partial charge in [-0.05, 0) is 81.5 Å². The van der Waals surface area contributed by atoms with Crippen LogP contribution in [0.3, 0.4) is 0 Å². The molecule has 0 heterocycles. The molecule has 6 atom stereocenters. The summed E-state index contributed by atoms with van der Waals surface area (Å²) in [4.78, 5) is 0. The van der Waals surface area contributed by atoms with Gasteiger partial charge in [-0.25, -0.2) is 0 Å². The van der Waals surface area contributed by atoms with Crippen molar-refractivity contribution in [3.8, 4) is 0 Å². The summed E-state index contributed by atoms with van der Waals surface area (Å²) >= 11 is 5.28. The topological polar surface area (TPSA) is 20.2 Å². The van der Waals surface area contributed by atoms with Gasteiger partial charge in [-0.1, -0.05) is 30.2 Å². The lowest BCUT2D eigenvalue weighted by Crippen LogP contribution is -2.54. The zero-order chi connectivity index (χ0) is 15.5. The number of hydrogen-bond acceptors (Lipinski definition) is 2. The average Bonchev–Trinajstić information content (AvgIpc) is 2.93. The molecule has 0 aliphatic heterocycles. The summed E-state index contributed by atoms with van der Waals surface area (Å²) in [7, 11) is 0. The summed E-state index contributed by atoms with van der Waals surface area (Å²) in [5.74, 6) is 2.24. The van der Waals surface area contributed by atoms with Crippen LogP contribution in [0.15, 0.2) is 23.8 Å². The standard InChI is InChI=1S/C20H30OS/c1-13-7-11-20(22)15(12-13)5-6-16-17-4-3-9-19(17,14(2)21)10-8-18(16)20/h12,14,16-18,21-22H,1,3-11H2,2H3. The molecule has 3 fully saturated rings. The zero-order valence-electron chi connectivity index (χ0n) is 13.9. The molecule has 4 aliphatic carbocycles. The van der Waals surface area contributed by atoms with Crippen LogP contribution in [0.25, 0.3) is 0 Å². The Morgan fingerprint density at radius 1 is 1.18 bits per heavy atom. The first-order chi connectivity index (χ1) is 10.5. The molecule has 0 spiro atoms. The predicted molar refractivity (Wildman–Crippen MR) is 95.1 cm³/mol. The van der Waals surface area contributed by atoms with Crippen molar-refractivity contribution in [1.82, 2.24) is 0 Å². The lowest BCUT2D eigenvalue weighted by atomic mass is 9.50. The summed E-state index contributed by atoms with van der Waals surface area (Å²) in [6.45, 7) is 6.23. The first-order valence-corrected chi connectivity index (χ1v) is 9.71. The Balaban J connectivity index is 1.69. The molecule has 22 heavy (non-hydrogen) atoms. The Morgan fingerprint density at radius 3 is 2.77 bits per heavy atom. The van der Waals surface area contributed by atoms with Gasteiger partial charge in [-0.3, -0.25) is 0 Å². The summed E-state index contributed by atoms with van der Waals surface area (Å²) in [6, 6.07) is 0. The molecule has 4 aliphatic rings. The number of allylic oxidation sites excluding steroid dienone is 2. The summed E-state index contributed by atoms with van der Waals surface area (Å²) < 4.78 is 0.123. The van der Waals surface area contributed by atoms with Gasteiger partial charge in [0.1, 0.15) is 0 Å². The number of hydrogen-bond donors (Lipinski definition) is 2. The summed E-state index contributed by atoms with van der Waals surface area (Å²) in [6.07, 6.45) is 13.4. The van der Waals surface area contributed by atoms with Crippen LogP contribution < -0.4 is 0 Å². The van der Waals surface area contributed by atoms with E-state index >= 15 is 0 Å². The van der Waals surface area contributed by atoms with Crippen LogP contribution in [0.5, 0.6) is 0 Å². The highest BCUT2D eigenvalue weighted by atomic mass is 32.1. The molecule has 0 saturated heterocycles. The van der Waals surface area contributed by atoms with Crippen LogP contribution in [-0.4, -0.2) is 16.0 Å². The maximum Gasteiger partial charge on any atom is 0.0571 e. The molecule has 0 radical (unpaired) electrons. The fourth-order valence-electron chi connectivity index (χ4n) is 6.71. The molecule has 0 bridgehead atoms. The molecule has 0 aromatic carbocycles. The van der Waals surface area contributed by atoms with Gasteiger partial charge in [0, 0.05) is 4.75 Å². The molecular weight excluding hydrogens is 288 g/mol. The third-order valence-electron chi connectivity index (χ3n) is 7.80. The maximum atomic E-state index is 10.5. The molecule has 1 nitrogen and oxygen atoms in total. The third kappa shape index (κ3) is 1.95. The SMILES string of the molecule is C=C1C=C2CCC3C(CCC4(C(C)O)CCCC34)C2(S)CC1. The van der Waals surface area contributed by atoms with E-state index in [0.717, 1.165) is 24.2 Å². The second-order valence-corrected chi connectivity index (χ2v) is 9.31. The van der Waals surface area contributed by atoms with Crippen LogP contribution in [-0.2, 0) is 0 Å². The first-order valence-electron chi connectivity index (χ1n) is 9.27. The van der Waals surface area contributed by atoms with E-state index in [0.29, 0.717) is 0 Å². The van der Waals surface area contributed by atoms with E-state index in [1.54, 1.807) is 5.57 Å². The molecule has 122 valence electrons. The quantitative estimate of drug-likeness (QED) is 0.658. The van der Waals surface area contributed by atoms with E-state index in [1.165, 1.54) is 56.9 Å². The van der Waals surface area contributed by atoms with Crippen molar-refractivity contribution >= 4 is 12.6 Å². The highest BCUT2D eigenvalue weighted by Gasteiger charge is 2.59. The Bertz CT molecular complexity index is 522. The zero-order valence-corrected chi connectivity index (χ0v) is 14.7. The van der Waals surface area contributed by atoms with E-state index in [4.69, 9.17) is 12.6 Å². The number of thiol groups is 1. The van der Waals surface area contributed by atoms with E-state index < -0.39 is 0 Å². The fraction of sp³-hybridized carbons (Fsp3) is 0.800. The molecule has 2 heteroatoms. The van der Waals surface area contributed by atoms with Crippen molar-refractivity contribution in [2.75, 3.05) is 0 Å². The van der Waals surface area contributed by atoms with Crippen molar-refractivity contribution in [1.29, 1.82) is 0 Å². The number of aliphatic hydroxyl groups excluding tert-OH is 1. The molecule has 4 rings (SSSR count). The third-order valence-corrected chi connectivity index (χ3v) is 8.65. The van der Waals surface area contributed by atoms with Crippen molar-refractivity contribution < 1.29 is 5.11 Å². The van der Waals surface area contributed by atoms with Crippen molar-refractivity contribution in [2.45, 2.75) is 75.6 Å². The lowest BCUT2D eigenvalue weighted by Gasteiger charge is -2.58. The monoisotopic (exact) mass is 318 g/mol.